The third kappa shape index (κ3) is 3.89. The molecule has 2 heterocycles. The molecular weight excluding hydrogens is 369 g/mol. The zero-order valence-corrected chi connectivity index (χ0v) is 16.5. The molecule has 3 N–H and O–H groups in total. The van der Waals surface area contributed by atoms with E-state index in [0.29, 0.717) is 27.1 Å². The molecule has 1 saturated heterocycles. The first-order chi connectivity index (χ1) is 12.3. The number of allylic oxidation sites excluding steroid dienone is 1. The molecule has 0 atom stereocenters. The molecule has 1 aromatic carbocycles. The molecule has 0 aliphatic carbocycles. The van der Waals surface area contributed by atoms with Crippen molar-refractivity contribution in [2.45, 2.75) is 32.2 Å². The van der Waals surface area contributed by atoms with E-state index >= 15 is 0 Å². The van der Waals surface area contributed by atoms with Gasteiger partial charge in [-0.1, -0.05) is 41.9 Å². The van der Waals surface area contributed by atoms with E-state index in [0.717, 1.165) is 37.4 Å². The number of aromatic nitrogens is 2. The number of anilines is 2. The fourth-order valence-corrected chi connectivity index (χ4v) is 3.70. The lowest BCUT2D eigenvalue weighted by Crippen LogP contribution is -2.50. The number of nitrogens with two attached hydrogens (primary N) is 1. The molecular formula is C19H23Cl2N5. The van der Waals surface area contributed by atoms with Gasteiger partial charge in [0.25, 0.3) is 0 Å². The van der Waals surface area contributed by atoms with Gasteiger partial charge in [0.15, 0.2) is 5.82 Å². The van der Waals surface area contributed by atoms with Gasteiger partial charge in [-0.3, -0.25) is 0 Å². The van der Waals surface area contributed by atoms with Crippen molar-refractivity contribution < 1.29 is 0 Å². The fraction of sp³-hybridized carbons (Fsp3) is 0.368. The van der Waals surface area contributed by atoms with Crippen LogP contribution in [-0.4, -0.2) is 28.6 Å². The summed E-state index contributed by atoms with van der Waals surface area (Å²) in [4.78, 5) is 11.3. The molecule has 0 spiro atoms. The van der Waals surface area contributed by atoms with Gasteiger partial charge in [0.1, 0.15) is 11.5 Å². The van der Waals surface area contributed by atoms with Crippen molar-refractivity contribution in [2.75, 3.05) is 23.7 Å². The summed E-state index contributed by atoms with van der Waals surface area (Å²) in [6, 6.07) is 5.39. The van der Waals surface area contributed by atoms with E-state index in [1.54, 1.807) is 12.3 Å². The summed E-state index contributed by atoms with van der Waals surface area (Å²) in [6.45, 7) is 9.92. The van der Waals surface area contributed by atoms with E-state index in [9.17, 15) is 0 Å². The lowest BCUT2D eigenvalue weighted by atomic mass is 9.89. The Hall–Kier alpha value is -1.98. The average molecular weight is 392 g/mol. The predicted molar refractivity (Wildman–Crippen MR) is 110 cm³/mol. The van der Waals surface area contributed by atoms with Crippen LogP contribution in [-0.2, 0) is 0 Å². The second kappa shape index (κ2) is 7.33. The molecule has 2 aromatic rings. The van der Waals surface area contributed by atoms with Gasteiger partial charge in [-0.05, 0) is 32.8 Å². The molecule has 5 nitrogen and oxygen atoms in total. The molecule has 0 amide bonds. The number of rotatable bonds is 4. The summed E-state index contributed by atoms with van der Waals surface area (Å²) in [5.74, 6) is 1.13. The highest BCUT2D eigenvalue weighted by atomic mass is 35.5. The number of piperidine rings is 1. The lowest BCUT2D eigenvalue weighted by molar-refractivity contribution is 0.308. The van der Waals surface area contributed by atoms with Crippen LogP contribution in [0.1, 0.15) is 26.7 Å². The van der Waals surface area contributed by atoms with Crippen LogP contribution < -0.4 is 16.0 Å². The number of halogens is 2. The largest absolute Gasteiger partial charge is 0.384 e. The summed E-state index contributed by atoms with van der Waals surface area (Å²) in [5.41, 5.74) is 8.47. The van der Waals surface area contributed by atoms with Crippen LogP contribution >= 0.6 is 23.2 Å². The number of hydrogen-bond acceptors (Lipinski definition) is 5. The molecule has 3 rings (SSSR count). The Labute approximate surface area is 164 Å². The molecule has 0 unspecified atom stereocenters. The second-order valence-corrected chi connectivity index (χ2v) is 7.80. The highest BCUT2D eigenvalue weighted by Gasteiger charge is 2.30. The van der Waals surface area contributed by atoms with Crippen molar-refractivity contribution in [3.63, 3.8) is 0 Å². The van der Waals surface area contributed by atoms with Gasteiger partial charge in [0, 0.05) is 29.9 Å². The molecule has 0 radical (unpaired) electrons. The summed E-state index contributed by atoms with van der Waals surface area (Å²) in [7, 11) is 0. The lowest BCUT2D eigenvalue weighted by Gasteiger charge is -2.41. The Morgan fingerprint density at radius 1 is 1.31 bits per heavy atom. The summed E-state index contributed by atoms with van der Waals surface area (Å²) in [5, 5.41) is 4.37. The van der Waals surface area contributed by atoms with E-state index in [4.69, 9.17) is 28.9 Å². The maximum absolute atomic E-state index is 6.28. The molecule has 1 aliphatic heterocycles. The number of hydrogen-bond donors (Lipinski definition) is 2. The summed E-state index contributed by atoms with van der Waals surface area (Å²) >= 11 is 12.4. The van der Waals surface area contributed by atoms with Gasteiger partial charge in [-0.15, -0.1) is 0 Å². The van der Waals surface area contributed by atoms with Gasteiger partial charge in [0.2, 0.25) is 0 Å². The highest BCUT2D eigenvalue weighted by Crippen LogP contribution is 2.35. The monoisotopic (exact) mass is 391 g/mol. The van der Waals surface area contributed by atoms with Gasteiger partial charge in [-0.2, -0.15) is 0 Å². The van der Waals surface area contributed by atoms with Crippen LogP contribution in [0.15, 0.2) is 36.7 Å². The smallest absolute Gasteiger partial charge is 0.152 e. The van der Waals surface area contributed by atoms with Crippen molar-refractivity contribution in [2.24, 2.45) is 0 Å². The van der Waals surface area contributed by atoms with E-state index in [2.05, 4.69) is 33.7 Å². The number of nitrogens with zero attached hydrogens (tertiary/aromatic N) is 3. The summed E-state index contributed by atoms with van der Waals surface area (Å²) in [6.07, 6.45) is 3.73. The molecule has 138 valence electrons. The van der Waals surface area contributed by atoms with E-state index < -0.39 is 0 Å². The Kier molecular flexibility index (Phi) is 5.30. The Morgan fingerprint density at radius 2 is 2.00 bits per heavy atom. The molecule has 1 aliphatic rings. The first-order valence-corrected chi connectivity index (χ1v) is 9.30. The zero-order valence-electron chi connectivity index (χ0n) is 15.0. The van der Waals surface area contributed by atoms with Gasteiger partial charge in [-0.25, -0.2) is 9.97 Å². The molecule has 0 bridgehead atoms. The van der Waals surface area contributed by atoms with Crippen LogP contribution in [0.3, 0.4) is 0 Å². The van der Waals surface area contributed by atoms with Crippen LogP contribution in [0.4, 0.5) is 11.6 Å². The minimum atomic E-state index is 0.0650. The topological polar surface area (TPSA) is 67.1 Å². The maximum Gasteiger partial charge on any atom is 0.152 e. The first-order valence-electron chi connectivity index (χ1n) is 8.55. The molecule has 1 fully saturated rings. The van der Waals surface area contributed by atoms with E-state index in [1.165, 1.54) is 0 Å². The van der Waals surface area contributed by atoms with E-state index in [1.807, 2.05) is 19.1 Å². The minimum Gasteiger partial charge on any atom is -0.384 e. The standard InChI is InChI=1S/C19H23Cl2N5/c1-12(2)25-19(3)7-9-26(10-8-19)15-11-23-17(18(22)24-15)13-5-4-6-14(20)16(13)21/h4-6,11,25H,1,7-10H2,2-3H3,(H2,22,24). The fourth-order valence-electron chi connectivity index (χ4n) is 3.31. The molecule has 7 heteroatoms. The number of benzene rings is 1. The SMILES string of the molecule is C=C(C)NC1(C)CCN(c2cnc(-c3cccc(Cl)c3Cl)c(N)n2)CC1. The number of nitrogen functional groups attached to an aromatic ring is 1. The third-order valence-corrected chi connectivity index (χ3v) is 5.52. The maximum atomic E-state index is 6.28. The summed E-state index contributed by atoms with van der Waals surface area (Å²) < 4.78 is 0. The molecule has 1 aromatic heterocycles. The van der Waals surface area contributed by atoms with Crippen LogP contribution in [0, 0.1) is 0 Å². The van der Waals surface area contributed by atoms with Crippen molar-refractivity contribution >= 4 is 34.8 Å². The van der Waals surface area contributed by atoms with Crippen LogP contribution in [0.2, 0.25) is 10.0 Å². The van der Waals surface area contributed by atoms with Crippen LogP contribution in [0.5, 0.6) is 0 Å². The van der Waals surface area contributed by atoms with E-state index in [-0.39, 0.29) is 5.54 Å². The van der Waals surface area contributed by atoms with Gasteiger partial charge in [0.05, 0.1) is 16.2 Å². The quantitative estimate of drug-likeness (QED) is 0.801. The first kappa shape index (κ1) is 18.8. The third-order valence-electron chi connectivity index (χ3n) is 4.70. The normalized spacial score (nSPS) is 16.4. The Morgan fingerprint density at radius 3 is 2.62 bits per heavy atom. The number of nitrogens with one attached hydrogen (secondary N) is 1. The Bertz CT molecular complexity index is 829. The predicted octanol–water partition coefficient (Wildman–Crippen LogP) is 4.51. The van der Waals surface area contributed by atoms with Crippen molar-refractivity contribution in [3.8, 4) is 11.3 Å². The Balaban J connectivity index is 1.79. The van der Waals surface area contributed by atoms with Crippen molar-refractivity contribution in [1.82, 2.24) is 15.3 Å². The molecule has 26 heavy (non-hydrogen) atoms. The van der Waals surface area contributed by atoms with Gasteiger partial charge >= 0.3 is 0 Å². The van der Waals surface area contributed by atoms with Crippen molar-refractivity contribution in [3.05, 3.63) is 46.7 Å². The van der Waals surface area contributed by atoms with Gasteiger partial charge < -0.3 is 16.0 Å². The minimum absolute atomic E-state index is 0.0650. The average Bonchev–Trinajstić information content (AvgIpc) is 2.57. The van der Waals surface area contributed by atoms with Crippen LogP contribution in [0.25, 0.3) is 11.3 Å². The van der Waals surface area contributed by atoms with Crippen molar-refractivity contribution in [1.29, 1.82) is 0 Å². The highest BCUT2D eigenvalue weighted by molar-refractivity contribution is 6.43. The molecule has 0 saturated carbocycles. The zero-order chi connectivity index (χ0) is 18.9. The second-order valence-electron chi connectivity index (χ2n) is 7.02.